The van der Waals surface area contributed by atoms with E-state index in [2.05, 4.69) is 17.2 Å². The van der Waals surface area contributed by atoms with Gasteiger partial charge in [-0.15, -0.1) is 0 Å². The lowest BCUT2D eigenvalue weighted by Gasteiger charge is -1.97. The zero-order valence-electron chi connectivity index (χ0n) is 9.23. The summed E-state index contributed by atoms with van der Waals surface area (Å²) in [6.07, 6.45) is 2.43. The van der Waals surface area contributed by atoms with E-state index in [0.29, 0.717) is 17.7 Å². The number of nitrogens with zero attached hydrogens (tertiary/aromatic N) is 1. The van der Waals surface area contributed by atoms with Crippen molar-refractivity contribution >= 4 is 22.8 Å². The summed E-state index contributed by atoms with van der Waals surface area (Å²) < 4.78 is 5.59. The number of nitrogens with one attached hydrogen (secondary N) is 1. The molecule has 0 bridgehead atoms. The van der Waals surface area contributed by atoms with Gasteiger partial charge in [-0.3, -0.25) is 0 Å². The summed E-state index contributed by atoms with van der Waals surface area (Å²) in [5, 5.41) is 3.31. The van der Waals surface area contributed by atoms with E-state index < -0.39 is 0 Å². The van der Waals surface area contributed by atoms with Crippen molar-refractivity contribution in [2.75, 3.05) is 11.1 Å². The quantitative estimate of drug-likeness (QED) is 0.776. The Morgan fingerprint density at radius 3 is 3.19 bits per heavy atom. The van der Waals surface area contributed by atoms with Gasteiger partial charge in [0.05, 0.1) is 0 Å². The minimum Gasteiger partial charge on any atom is -0.424 e. The number of aromatic nitrogens is 1. The number of benzene rings is 1. The first kappa shape index (κ1) is 9.51. The molecule has 3 rings (SSSR count). The Morgan fingerprint density at radius 1 is 1.56 bits per heavy atom. The molecule has 0 spiro atoms. The van der Waals surface area contributed by atoms with E-state index in [1.165, 1.54) is 12.8 Å². The summed E-state index contributed by atoms with van der Waals surface area (Å²) in [5.41, 5.74) is 8.00. The fourth-order valence-corrected chi connectivity index (χ4v) is 2.04. The maximum Gasteiger partial charge on any atom is 0.295 e. The van der Waals surface area contributed by atoms with E-state index in [4.69, 9.17) is 10.2 Å². The van der Waals surface area contributed by atoms with Crippen LogP contribution in [0.15, 0.2) is 22.6 Å². The number of anilines is 2. The Kier molecular flexibility index (Phi) is 2.02. The van der Waals surface area contributed by atoms with Crippen molar-refractivity contribution in [3.63, 3.8) is 0 Å². The number of hydrogen-bond donors (Lipinski definition) is 2. The SMILES string of the molecule is CCC1CC1Nc1nc2cc(N)ccc2o1. The van der Waals surface area contributed by atoms with Crippen LogP contribution in [-0.2, 0) is 0 Å². The van der Waals surface area contributed by atoms with Crippen molar-refractivity contribution in [3.8, 4) is 0 Å². The van der Waals surface area contributed by atoms with Gasteiger partial charge in [-0.05, 0) is 30.5 Å². The molecule has 0 saturated heterocycles. The number of fused-ring (bicyclic) bond motifs is 1. The molecule has 1 heterocycles. The van der Waals surface area contributed by atoms with Crippen LogP contribution in [0.4, 0.5) is 11.7 Å². The molecule has 3 N–H and O–H groups in total. The number of oxazole rings is 1. The van der Waals surface area contributed by atoms with Crippen molar-refractivity contribution in [1.82, 2.24) is 4.98 Å². The Balaban J connectivity index is 1.83. The van der Waals surface area contributed by atoms with Crippen molar-refractivity contribution in [3.05, 3.63) is 18.2 Å². The first-order valence-electron chi connectivity index (χ1n) is 5.69. The van der Waals surface area contributed by atoms with Gasteiger partial charge in [0.2, 0.25) is 0 Å². The number of rotatable bonds is 3. The predicted molar refractivity (Wildman–Crippen MR) is 64.2 cm³/mol. The molecule has 1 aliphatic carbocycles. The van der Waals surface area contributed by atoms with Gasteiger partial charge < -0.3 is 15.5 Å². The maximum absolute atomic E-state index is 5.69. The Morgan fingerprint density at radius 2 is 2.44 bits per heavy atom. The molecule has 4 heteroatoms. The highest BCUT2D eigenvalue weighted by Crippen LogP contribution is 2.36. The van der Waals surface area contributed by atoms with E-state index in [1.807, 2.05) is 18.2 Å². The first-order valence-corrected chi connectivity index (χ1v) is 5.69. The van der Waals surface area contributed by atoms with Crippen molar-refractivity contribution < 1.29 is 4.42 Å². The van der Waals surface area contributed by atoms with Gasteiger partial charge >= 0.3 is 0 Å². The minimum atomic E-state index is 0.537. The third kappa shape index (κ3) is 1.60. The summed E-state index contributed by atoms with van der Waals surface area (Å²) in [5.74, 6) is 0.778. The summed E-state index contributed by atoms with van der Waals surface area (Å²) in [4.78, 5) is 4.36. The van der Waals surface area contributed by atoms with Crippen LogP contribution in [0.1, 0.15) is 19.8 Å². The topological polar surface area (TPSA) is 64.1 Å². The second-order valence-electron chi connectivity index (χ2n) is 4.40. The summed E-state index contributed by atoms with van der Waals surface area (Å²) >= 11 is 0. The van der Waals surface area contributed by atoms with Crippen molar-refractivity contribution in [2.24, 2.45) is 5.92 Å². The fourth-order valence-electron chi connectivity index (χ4n) is 2.04. The molecule has 1 aromatic heterocycles. The van der Waals surface area contributed by atoms with Gasteiger partial charge in [0.1, 0.15) is 5.52 Å². The standard InChI is InChI=1S/C12H15N3O/c1-2-7-5-9(7)14-12-15-10-6-8(13)3-4-11(10)16-12/h3-4,6-7,9H,2,5,13H2,1H3,(H,14,15). The van der Waals surface area contributed by atoms with Crippen LogP contribution in [-0.4, -0.2) is 11.0 Å². The van der Waals surface area contributed by atoms with E-state index in [1.54, 1.807) is 0 Å². The van der Waals surface area contributed by atoms with Crippen LogP contribution in [0.25, 0.3) is 11.1 Å². The molecule has 4 nitrogen and oxygen atoms in total. The van der Waals surface area contributed by atoms with E-state index >= 15 is 0 Å². The molecule has 2 atom stereocenters. The number of nitrogen functional groups attached to an aromatic ring is 1. The molecule has 2 aromatic rings. The molecular weight excluding hydrogens is 202 g/mol. The second kappa shape index (κ2) is 3.40. The van der Waals surface area contributed by atoms with Gasteiger partial charge in [-0.25, -0.2) is 0 Å². The van der Waals surface area contributed by atoms with E-state index in [9.17, 15) is 0 Å². The molecule has 1 saturated carbocycles. The molecular formula is C12H15N3O. The zero-order valence-corrected chi connectivity index (χ0v) is 9.23. The van der Waals surface area contributed by atoms with E-state index in [0.717, 1.165) is 17.0 Å². The van der Waals surface area contributed by atoms with Gasteiger partial charge in [0, 0.05) is 11.7 Å². The first-order chi connectivity index (χ1) is 7.76. The monoisotopic (exact) mass is 217 g/mol. The molecule has 0 aliphatic heterocycles. The molecule has 1 aromatic carbocycles. The minimum absolute atomic E-state index is 0.537. The van der Waals surface area contributed by atoms with Crippen LogP contribution in [0.3, 0.4) is 0 Å². The third-order valence-corrected chi connectivity index (χ3v) is 3.17. The van der Waals surface area contributed by atoms with Gasteiger partial charge in [-0.1, -0.05) is 13.3 Å². The molecule has 16 heavy (non-hydrogen) atoms. The molecule has 84 valence electrons. The van der Waals surface area contributed by atoms with Crippen molar-refractivity contribution in [2.45, 2.75) is 25.8 Å². The van der Waals surface area contributed by atoms with Gasteiger partial charge in [0.15, 0.2) is 5.58 Å². The van der Waals surface area contributed by atoms with Crippen LogP contribution in [0, 0.1) is 5.92 Å². The highest BCUT2D eigenvalue weighted by atomic mass is 16.4. The predicted octanol–water partition coefficient (Wildman–Crippen LogP) is 2.62. The molecule has 2 unspecified atom stereocenters. The second-order valence-corrected chi connectivity index (χ2v) is 4.40. The van der Waals surface area contributed by atoms with Crippen molar-refractivity contribution in [1.29, 1.82) is 0 Å². The lowest BCUT2D eigenvalue weighted by Crippen LogP contribution is -2.03. The maximum atomic E-state index is 5.69. The summed E-state index contributed by atoms with van der Waals surface area (Å²) in [6, 6.07) is 6.65. The molecule has 0 amide bonds. The fraction of sp³-hybridized carbons (Fsp3) is 0.417. The number of hydrogen-bond acceptors (Lipinski definition) is 4. The number of nitrogens with two attached hydrogens (primary N) is 1. The largest absolute Gasteiger partial charge is 0.424 e. The third-order valence-electron chi connectivity index (χ3n) is 3.17. The average Bonchev–Trinajstić information content (AvgIpc) is 2.88. The lowest BCUT2D eigenvalue weighted by atomic mass is 10.3. The Labute approximate surface area is 93.8 Å². The smallest absolute Gasteiger partial charge is 0.295 e. The van der Waals surface area contributed by atoms with Crippen LogP contribution in [0.2, 0.25) is 0 Å². The highest BCUT2D eigenvalue weighted by molar-refractivity contribution is 5.78. The lowest BCUT2D eigenvalue weighted by molar-refractivity contribution is 0.609. The van der Waals surface area contributed by atoms with Gasteiger partial charge in [-0.2, -0.15) is 4.98 Å². The Bertz CT molecular complexity index is 520. The van der Waals surface area contributed by atoms with Crippen LogP contribution < -0.4 is 11.1 Å². The van der Waals surface area contributed by atoms with Gasteiger partial charge in [0.25, 0.3) is 6.01 Å². The zero-order chi connectivity index (χ0) is 11.1. The van der Waals surface area contributed by atoms with Crippen LogP contribution >= 0.6 is 0 Å². The average molecular weight is 217 g/mol. The summed E-state index contributed by atoms with van der Waals surface area (Å²) in [7, 11) is 0. The highest BCUT2D eigenvalue weighted by Gasteiger charge is 2.36. The summed E-state index contributed by atoms with van der Waals surface area (Å²) in [6.45, 7) is 2.21. The molecule has 1 fully saturated rings. The molecule has 0 radical (unpaired) electrons. The molecule has 1 aliphatic rings. The van der Waals surface area contributed by atoms with Crippen LogP contribution in [0.5, 0.6) is 0 Å². The normalized spacial score (nSPS) is 23.6. The van der Waals surface area contributed by atoms with E-state index in [-0.39, 0.29) is 0 Å². The Hall–Kier alpha value is -1.71.